The summed E-state index contributed by atoms with van der Waals surface area (Å²) in [5, 5.41) is 8.39. The number of hydrogen-bond acceptors (Lipinski definition) is 15. The molecule has 2 aliphatic heterocycles. The second-order valence-corrected chi connectivity index (χ2v) is 17.0. The van der Waals surface area contributed by atoms with Gasteiger partial charge in [0.05, 0.1) is 40.5 Å². The minimum absolute atomic E-state index is 0.0584. The first-order valence-corrected chi connectivity index (χ1v) is 21.4. The van der Waals surface area contributed by atoms with E-state index in [1.165, 1.54) is 67.6 Å². The summed E-state index contributed by atoms with van der Waals surface area (Å²) in [6.45, 7) is 0.955. The zero-order valence-electron chi connectivity index (χ0n) is 34.7. The summed E-state index contributed by atoms with van der Waals surface area (Å²) in [7, 11) is 0. The van der Waals surface area contributed by atoms with Gasteiger partial charge in [0.15, 0.2) is 36.8 Å². The fourth-order valence-corrected chi connectivity index (χ4v) is 7.05. The van der Waals surface area contributed by atoms with Gasteiger partial charge in [0.25, 0.3) is 3.79 Å². The fraction of sp³-hybridized carbons (Fsp3) is 0.250. The van der Waals surface area contributed by atoms with Gasteiger partial charge in [0.2, 0.25) is 12.2 Å². The Hall–Kier alpha value is -6.33. The van der Waals surface area contributed by atoms with Crippen LogP contribution in [0.3, 0.4) is 0 Å². The van der Waals surface area contributed by atoms with Crippen molar-refractivity contribution in [2.75, 3.05) is 6.61 Å². The number of carbonyl (C=O) groups excluding carboxylic acids is 5. The summed E-state index contributed by atoms with van der Waals surface area (Å²) >= 11 is 18.0. The fourth-order valence-electron chi connectivity index (χ4n) is 6.92. The lowest BCUT2D eigenvalue weighted by molar-refractivity contribution is -0.337. The minimum Gasteiger partial charge on any atom is -0.453 e. The molecule has 0 unspecified atom stereocenters. The smallest absolute Gasteiger partial charge is 0.338 e. The Morgan fingerprint density at radius 2 is 0.803 bits per heavy atom. The van der Waals surface area contributed by atoms with Gasteiger partial charge in [0, 0.05) is 0 Å². The van der Waals surface area contributed by atoms with Gasteiger partial charge >= 0.3 is 29.8 Å². The summed E-state index contributed by atoms with van der Waals surface area (Å²) in [4.78, 5) is 69.3. The van der Waals surface area contributed by atoms with Crippen LogP contribution in [0.25, 0.3) is 0 Å². The lowest BCUT2D eigenvalue weighted by Gasteiger charge is -2.47. The number of rotatable bonds is 13. The summed E-state index contributed by atoms with van der Waals surface area (Å²) in [5.41, 5.74) is 0.488. The Kier molecular flexibility index (Phi) is 15.7. The summed E-state index contributed by atoms with van der Waals surface area (Å²) < 4.78 is 52.5. The molecule has 7 rings (SSSR count). The quantitative estimate of drug-likeness (QED) is 0.0393. The molecule has 15 nitrogen and oxygen atoms in total. The zero-order valence-corrected chi connectivity index (χ0v) is 37.0. The number of esters is 5. The van der Waals surface area contributed by atoms with E-state index in [1.54, 1.807) is 91.0 Å². The van der Waals surface area contributed by atoms with E-state index < -0.39 is 101 Å². The SMILES string of the molecule is C[C@@H]1O[C@@H](O[C@@H]2[C@@H](OC(=O)c3ccccc3)[C@@H](OC(=N)C(Cl)(Cl)Cl)OC[C@@H]2OC(=O)c2ccccc2)[C@H](OC(=O)c2ccccc2)[C@H](OC(=O)c2ccccc2)[C@H]1OC(=O)c1ccccc1. The zero-order chi connectivity index (χ0) is 46.8. The molecule has 2 heterocycles. The number of ether oxygens (including phenoxy) is 9. The third kappa shape index (κ3) is 11.9. The molecular weight excluding hydrogens is 921 g/mol. The largest absolute Gasteiger partial charge is 0.453 e. The van der Waals surface area contributed by atoms with Crippen LogP contribution in [0.2, 0.25) is 0 Å². The van der Waals surface area contributed by atoms with Crippen LogP contribution in [0.1, 0.15) is 58.7 Å². The highest BCUT2D eigenvalue weighted by molar-refractivity contribution is 6.76. The van der Waals surface area contributed by atoms with Crippen molar-refractivity contribution < 1.29 is 66.6 Å². The molecule has 1 N–H and O–H groups in total. The van der Waals surface area contributed by atoms with Gasteiger partial charge in [0.1, 0.15) is 6.10 Å². The van der Waals surface area contributed by atoms with Crippen molar-refractivity contribution in [3.05, 3.63) is 179 Å². The molecule has 18 heteroatoms. The van der Waals surface area contributed by atoms with Crippen molar-refractivity contribution in [1.82, 2.24) is 0 Å². The molecule has 5 aromatic carbocycles. The Labute approximate surface area is 393 Å². The number of carbonyl (C=O) groups is 5. The molecule has 2 aliphatic rings. The topological polar surface area (TPSA) is 192 Å². The first kappa shape index (κ1) is 47.6. The second kappa shape index (κ2) is 21.8. The molecule has 0 saturated carbocycles. The molecule has 9 atom stereocenters. The average Bonchev–Trinajstić information content (AvgIpc) is 3.33. The van der Waals surface area contributed by atoms with E-state index in [2.05, 4.69) is 0 Å². The van der Waals surface area contributed by atoms with E-state index >= 15 is 0 Å². The van der Waals surface area contributed by atoms with Crippen LogP contribution in [-0.2, 0) is 42.6 Å². The van der Waals surface area contributed by atoms with Crippen LogP contribution in [0.15, 0.2) is 152 Å². The average molecular weight is 961 g/mol. The Bertz CT molecular complexity index is 2460. The van der Waals surface area contributed by atoms with Crippen LogP contribution >= 0.6 is 34.8 Å². The number of nitrogens with one attached hydrogen (secondary N) is 1. The van der Waals surface area contributed by atoms with Crippen molar-refractivity contribution in [2.45, 2.75) is 66.0 Å². The first-order valence-electron chi connectivity index (χ1n) is 20.3. The van der Waals surface area contributed by atoms with Gasteiger partial charge < -0.3 is 42.6 Å². The molecule has 0 radical (unpaired) electrons. The van der Waals surface area contributed by atoms with E-state index in [0.717, 1.165) is 0 Å². The van der Waals surface area contributed by atoms with Crippen LogP contribution in [0, 0.1) is 5.41 Å². The third-order valence-electron chi connectivity index (χ3n) is 10.2. The number of hydrogen-bond donors (Lipinski definition) is 1. The van der Waals surface area contributed by atoms with Gasteiger partial charge in [-0.2, -0.15) is 0 Å². The van der Waals surface area contributed by atoms with E-state index in [9.17, 15) is 24.0 Å². The maximum absolute atomic E-state index is 14.1. The van der Waals surface area contributed by atoms with Crippen LogP contribution in [0.4, 0.5) is 0 Å². The number of halogens is 3. The minimum atomic E-state index is -2.43. The Morgan fingerprint density at radius 3 is 1.18 bits per heavy atom. The van der Waals surface area contributed by atoms with Crippen LogP contribution in [-0.4, -0.2) is 101 Å². The lowest BCUT2D eigenvalue weighted by Crippen LogP contribution is -2.65. The first-order chi connectivity index (χ1) is 31.8. The number of alkyl halides is 3. The molecule has 0 spiro atoms. The van der Waals surface area contributed by atoms with Gasteiger partial charge in [-0.15, -0.1) is 0 Å². The molecular formula is C48H40Cl3NO14. The van der Waals surface area contributed by atoms with Gasteiger partial charge in [-0.05, 0) is 67.6 Å². The summed E-state index contributed by atoms with van der Waals surface area (Å²) in [6, 6.07) is 39.3. The lowest BCUT2D eigenvalue weighted by atomic mass is 9.97. The maximum Gasteiger partial charge on any atom is 0.338 e. The van der Waals surface area contributed by atoms with Crippen molar-refractivity contribution in [3.63, 3.8) is 0 Å². The normalized spacial score (nSPS) is 23.8. The molecule has 0 aliphatic carbocycles. The van der Waals surface area contributed by atoms with E-state index in [1.807, 2.05) is 0 Å². The highest BCUT2D eigenvalue weighted by atomic mass is 35.6. The summed E-state index contributed by atoms with van der Waals surface area (Å²) in [5.74, 6) is -5.41. The molecule has 66 heavy (non-hydrogen) atoms. The predicted octanol–water partition coefficient (Wildman–Crippen LogP) is 7.96. The Balaban J connectivity index is 1.33. The van der Waals surface area contributed by atoms with Crippen molar-refractivity contribution in [1.29, 1.82) is 5.41 Å². The summed E-state index contributed by atoms with van der Waals surface area (Å²) in [6.07, 6.45) is -14.7. The van der Waals surface area contributed by atoms with Gasteiger partial charge in [-0.1, -0.05) is 126 Å². The maximum atomic E-state index is 14.1. The highest BCUT2D eigenvalue weighted by Crippen LogP contribution is 2.36. The van der Waals surface area contributed by atoms with E-state index in [0.29, 0.717) is 0 Å². The molecule has 5 aromatic rings. The van der Waals surface area contributed by atoms with Crippen molar-refractivity contribution >= 4 is 70.5 Å². The molecule has 0 bridgehead atoms. The Morgan fingerprint density at radius 1 is 0.470 bits per heavy atom. The molecule has 2 saturated heterocycles. The van der Waals surface area contributed by atoms with E-state index in [4.69, 9.17) is 82.8 Å². The number of benzene rings is 5. The van der Waals surface area contributed by atoms with Gasteiger partial charge in [-0.25, -0.2) is 24.0 Å². The molecule has 342 valence electrons. The van der Waals surface area contributed by atoms with Crippen LogP contribution < -0.4 is 0 Å². The predicted molar refractivity (Wildman–Crippen MR) is 236 cm³/mol. The third-order valence-corrected chi connectivity index (χ3v) is 10.7. The van der Waals surface area contributed by atoms with Crippen LogP contribution in [0.5, 0.6) is 0 Å². The highest BCUT2D eigenvalue weighted by Gasteiger charge is 2.56. The van der Waals surface area contributed by atoms with Crippen molar-refractivity contribution in [2.24, 2.45) is 0 Å². The van der Waals surface area contributed by atoms with Gasteiger partial charge in [-0.3, -0.25) is 5.41 Å². The second-order valence-electron chi connectivity index (χ2n) is 14.7. The van der Waals surface area contributed by atoms with Crippen molar-refractivity contribution in [3.8, 4) is 0 Å². The molecule has 0 aromatic heterocycles. The monoisotopic (exact) mass is 959 g/mol. The standard InChI is InChI=1S/C48H40Cl3NO14/c1-28-35(61-41(54)30-19-9-3-10-20-30)37(62-42(55)31-21-11-4-12-22-31)39(64-44(57)33-25-15-6-16-26-33)46(59-28)65-36-34(60-40(53)29-17-7-2-8-18-29)27-58-45(66-47(52)48(49,50)51)38(36)63-43(56)32-23-13-5-14-24-32/h2-26,28,34-39,45-46,52H,27H2,1H3/t28-,34-,35-,36-,37+,38+,39+,45+,46-/m0/s1. The molecule has 2 fully saturated rings. The molecule has 0 amide bonds. The van der Waals surface area contributed by atoms with E-state index in [-0.39, 0.29) is 27.8 Å².